The normalized spacial score (nSPS) is 17.2. The van der Waals surface area contributed by atoms with Crippen molar-refractivity contribution in [2.24, 2.45) is 0 Å². The van der Waals surface area contributed by atoms with Crippen LogP contribution in [0, 0.1) is 0 Å². The topological polar surface area (TPSA) is 40.4 Å². The Hall–Kier alpha value is 0.0700. The molecule has 0 aromatic heterocycles. The van der Waals surface area contributed by atoms with Gasteiger partial charge in [-0.1, -0.05) is 6.92 Å². The highest BCUT2D eigenvalue weighted by Gasteiger charge is 2.02. The van der Waals surface area contributed by atoms with Gasteiger partial charge in [-0.25, -0.2) is 4.21 Å². The maximum absolute atomic E-state index is 10.5. The Bertz CT molecular complexity index is 97.0. The minimum Gasteiger partial charge on any atom is -0.274 e. The van der Waals surface area contributed by atoms with Gasteiger partial charge < -0.3 is 0 Å². The smallest absolute Gasteiger partial charge is 0.252 e. The summed E-state index contributed by atoms with van der Waals surface area (Å²) in [5.41, 5.74) is 0. The van der Waals surface area contributed by atoms with Crippen molar-refractivity contribution in [1.82, 2.24) is 4.72 Å². The van der Waals surface area contributed by atoms with Gasteiger partial charge in [0.05, 0.1) is 6.10 Å². The Morgan fingerprint density at radius 3 is 2.67 bits per heavy atom. The van der Waals surface area contributed by atoms with Gasteiger partial charge in [0.15, 0.2) is 0 Å². The molecule has 4 heteroatoms. The summed E-state index contributed by atoms with van der Waals surface area (Å²) in [5.74, 6) is 0. The average molecular weight is 150 g/mol. The number of nitrogens with zero attached hydrogens (tertiary/aromatic N) is 1. The van der Waals surface area contributed by atoms with Crippen molar-refractivity contribution in [2.75, 3.05) is 7.05 Å². The third kappa shape index (κ3) is 4.57. The molecule has 0 aliphatic heterocycles. The first kappa shape index (κ1) is 9.07. The molecule has 0 amide bonds. The molecule has 2 unspecified atom stereocenters. The number of hydrogen-bond donors (Lipinski definition) is 0. The summed E-state index contributed by atoms with van der Waals surface area (Å²) in [6.45, 7) is 3.83. The number of rotatable bonds is 4. The Morgan fingerprint density at radius 2 is 2.33 bits per heavy atom. The molecule has 9 heavy (non-hydrogen) atoms. The van der Waals surface area contributed by atoms with Crippen molar-refractivity contribution in [3.05, 3.63) is 0 Å². The van der Waals surface area contributed by atoms with E-state index in [1.54, 1.807) is 0 Å². The van der Waals surface area contributed by atoms with Crippen molar-refractivity contribution < 1.29 is 8.39 Å². The van der Waals surface area contributed by atoms with Gasteiger partial charge in [0.1, 0.15) is 0 Å². The molecule has 0 saturated heterocycles. The summed E-state index contributed by atoms with van der Waals surface area (Å²) in [5, 5.41) is 0. The highest BCUT2D eigenvalue weighted by molar-refractivity contribution is 7.77. The van der Waals surface area contributed by atoms with Crippen LogP contribution in [0.15, 0.2) is 0 Å². The highest BCUT2D eigenvalue weighted by atomic mass is 32.2. The van der Waals surface area contributed by atoms with Gasteiger partial charge in [-0.2, -0.15) is 0 Å². The summed E-state index contributed by atoms with van der Waals surface area (Å²) in [7, 11) is 1.47. The van der Waals surface area contributed by atoms with E-state index in [1.807, 2.05) is 13.8 Å². The van der Waals surface area contributed by atoms with Crippen molar-refractivity contribution >= 4 is 11.3 Å². The third-order valence-corrected chi connectivity index (χ3v) is 1.76. The Balaban J connectivity index is 3.34. The minimum atomic E-state index is -1.43. The lowest BCUT2D eigenvalue weighted by Gasteiger charge is -2.05. The molecule has 0 bridgehead atoms. The molecule has 3 nitrogen and oxygen atoms in total. The maximum Gasteiger partial charge on any atom is 0.252 e. The quantitative estimate of drug-likeness (QED) is 0.589. The lowest BCUT2D eigenvalue weighted by atomic mass is 10.3. The molecule has 0 N–H and O–H groups in total. The van der Waals surface area contributed by atoms with Crippen LogP contribution in [-0.4, -0.2) is 17.4 Å². The summed E-state index contributed by atoms with van der Waals surface area (Å²) < 4.78 is 18.8. The predicted molar refractivity (Wildman–Crippen MR) is 37.0 cm³/mol. The first-order chi connectivity index (χ1) is 4.20. The van der Waals surface area contributed by atoms with E-state index >= 15 is 0 Å². The van der Waals surface area contributed by atoms with E-state index in [9.17, 15) is 4.21 Å². The zero-order chi connectivity index (χ0) is 7.28. The second kappa shape index (κ2) is 4.90. The first-order valence-electron chi connectivity index (χ1n) is 2.89. The lowest BCUT2D eigenvalue weighted by Crippen LogP contribution is -2.14. The van der Waals surface area contributed by atoms with Gasteiger partial charge >= 0.3 is 0 Å². The van der Waals surface area contributed by atoms with E-state index in [0.29, 0.717) is 0 Å². The molecule has 0 saturated carbocycles. The fourth-order valence-corrected chi connectivity index (χ4v) is 0.755. The largest absolute Gasteiger partial charge is 0.274 e. The van der Waals surface area contributed by atoms with Gasteiger partial charge in [-0.3, -0.25) is 4.18 Å². The minimum absolute atomic E-state index is 0.0366. The van der Waals surface area contributed by atoms with E-state index in [-0.39, 0.29) is 6.10 Å². The molecule has 0 aromatic carbocycles. The molecule has 0 fully saturated rings. The van der Waals surface area contributed by atoms with Gasteiger partial charge in [-0.15, -0.1) is 4.72 Å². The van der Waals surface area contributed by atoms with Crippen molar-refractivity contribution in [3.8, 4) is 0 Å². The third-order valence-electron chi connectivity index (χ3n) is 0.971. The van der Waals surface area contributed by atoms with Crippen molar-refractivity contribution in [1.29, 1.82) is 0 Å². The summed E-state index contributed by atoms with van der Waals surface area (Å²) in [4.78, 5) is 0. The second-order valence-corrected chi connectivity index (χ2v) is 2.71. The van der Waals surface area contributed by atoms with Crippen LogP contribution in [0.3, 0.4) is 0 Å². The van der Waals surface area contributed by atoms with Crippen LogP contribution in [-0.2, 0) is 15.4 Å². The van der Waals surface area contributed by atoms with E-state index < -0.39 is 11.3 Å². The van der Waals surface area contributed by atoms with Crippen molar-refractivity contribution in [3.63, 3.8) is 0 Å². The Labute approximate surface area is 58.6 Å². The molecule has 1 radical (unpaired) electrons. The summed E-state index contributed by atoms with van der Waals surface area (Å²) >= 11 is -1.43. The second-order valence-electron chi connectivity index (χ2n) is 1.71. The first-order valence-corrected chi connectivity index (χ1v) is 3.92. The van der Waals surface area contributed by atoms with Crippen LogP contribution < -0.4 is 4.72 Å². The zero-order valence-electron chi connectivity index (χ0n) is 5.96. The van der Waals surface area contributed by atoms with Crippen LogP contribution in [0.5, 0.6) is 0 Å². The molecular weight excluding hydrogens is 138 g/mol. The molecule has 0 rings (SSSR count). The molecule has 0 spiro atoms. The Morgan fingerprint density at radius 1 is 1.78 bits per heavy atom. The molecule has 2 atom stereocenters. The molecule has 0 aliphatic rings. The van der Waals surface area contributed by atoms with E-state index in [4.69, 9.17) is 4.18 Å². The van der Waals surface area contributed by atoms with E-state index in [1.165, 1.54) is 7.05 Å². The fraction of sp³-hybridized carbons (Fsp3) is 1.00. The molecular formula is C5H12NO2S. The van der Waals surface area contributed by atoms with Crippen LogP contribution in [0.2, 0.25) is 0 Å². The van der Waals surface area contributed by atoms with Crippen LogP contribution in [0.25, 0.3) is 0 Å². The summed E-state index contributed by atoms with van der Waals surface area (Å²) in [6, 6.07) is 0. The lowest BCUT2D eigenvalue weighted by molar-refractivity contribution is 0.240. The molecule has 0 heterocycles. The van der Waals surface area contributed by atoms with Gasteiger partial charge in [0.25, 0.3) is 11.3 Å². The van der Waals surface area contributed by atoms with Gasteiger partial charge in [0.2, 0.25) is 0 Å². The Kier molecular flexibility index (Phi) is 4.94. The maximum atomic E-state index is 10.5. The fourth-order valence-electron chi connectivity index (χ4n) is 0.252. The van der Waals surface area contributed by atoms with Crippen LogP contribution in [0.4, 0.5) is 0 Å². The van der Waals surface area contributed by atoms with Crippen molar-refractivity contribution in [2.45, 2.75) is 26.4 Å². The molecule has 0 aliphatic carbocycles. The summed E-state index contributed by atoms with van der Waals surface area (Å²) in [6.07, 6.45) is 0.899. The predicted octanol–water partition coefficient (Wildman–Crippen LogP) is 0.614. The monoisotopic (exact) mass is 150 g/mol. The van der Waals surface area contributed by atoms with Gasteiger partial charge in [0, 0.05) is 7.05 Å². The zero-order valence-corrected chi connectivity index (χ0v) is 6.77. The van der Waals surface area contributed by atoms with Crippen LogP contribution in [0.1, 0.15) is 20.3 Å². The van der Waals surface area contributed by atoms with Crippen LogP contribution >= 0.6 is 0 Å². The van der Waals surface area contributed by atoms with E-state index in [2.05, 4.69) is 4.72 Å². The standard InChI is InChI=1S/C5H12NO2S/c1-4-5(2)8-9(7)6-3/h5H,4H2,1-3H3. The van der Waals surface area contributed by atoms with Gasteiger partial charge in [-0.05, 0) is 13.3 Å². The molecule has 0 aromatic rings. The highest BCUT2D eigenvalue weighted by Crippen LogP contribution is 1.96. The molecule has 55 valence electrons. The number of hydrogen-bond acceptors (Lipinski definition) is 2. The average Bonchev–Trinajstić information content (AvgIpc) is 1.87. The van der Waals surface area contributed by atoms with E-state index in [0.717, 1.165) is 6.42 Å². The SMILES string of the molecule is CCC(C)OS(=O)[N]C.